The summed E-state index contributed by atoms with van der Waals surface area (Å²) in [6.07, 6.45) is 4.61. The van der Waals surface area contributed by atoms with E-state index in [-0.39, 0.29) is 23.6 Å². The van der Waals surface area contributed by atoms with Crippen molar-refractivity contribution in [2.75, 3.05) is 39.6 Å². The van der Waals surface area contributed by atoms with Crippen LogP contribution in [0.2, 0.25) is 0 Å². The fourth-order valence-electron chi connectivity index (χ4n) is 5.54. The van der Waals surface area contributed by atoms with Gasteiger partial charge in [-0.1, -0.05) is 55.8 Å². The third-order valence-corrected chi connectivity index (χ3v) is 9.04. The summed E-state index contributed by atoms with van der Waals surface area (Å²) >= 11 is 1.35. The van der Waals surface area contributed by atoms with E-state index in [9.17, 15) is 9.59 Å². The van der Waals surface area contributed by atoms with Gasteiger partial charge in [0.05, 0.1) is 20.0 Å². The maximum absolute atomic E-state index is 13.4. The van der Waals surface area contributed by atoms with Gasteiger partial charge in [0.1, 0.15) is 11.5 Å². The Morgan fingerprint density at radius 1 is 0.911 bits per heavy atom. The smallest absolute Gasteiger partial charge is 0.254 e. The zero-order valence-electron chi connectivity index (χ0n) is 26.4. The first kappa shape index (κ1) is 32.1. The summed E-state index contributed by atoms with van der Waals surface area (Å²) in [5.41, 5.74) is 3.65. The van der Waals surface area contributed by atoms with Crippen molar-refractivity contribution in [2.24, 2.45) is 0 Å². The number of piperazine rings is 1. The zero-order chi connectivity index (χ0) is 31.8. The number of unbranched alkanes of at least 4 members (excludes halogenated alkanes) is 2. The number of carbonyl (C=O) groups is 2. The molecule has 45 heavy (non-hydrogen) atoms. The molecule has 10 heteroatoms. The molecule has 0 aliphatic carbocycles. The number of amides is 2. The highest BCUT2D eigenvalue weighted by Crippen LogP contribution is 2.31. The van der Waals surface area contributed by atoms with Gasteiger partial charge in [-0.2, -0.15) is 0 Å². The highest BCUT2D eigenvalue weighted by molar-refractivity contribution is 7.99. The number of ether oxygens (including phenoxy) is 2. The Balaban J connectivity index is 1.25. The maximum Gasteiger partial charge on any atom is 0.254 e. The van der Waals surface area contributed by atoms with E-state index in [0.29, 0.717) is 41.9 Å². The van der Waals surface area contributed by atoms with Crippen molar-refractivity contribution in [1.29, 1.82) is 0 Å². The highest BCUT2D eigenvalue weighted by atomic mass is 32.2. The van der Waals surface area contributed by atoms with Gasteiger partial charge in [0.2, 0.25) is 5.91 Å². The number of methoxy groups -OCH3 is 2. The molecule has 1 unspecified atom stereocenters. The van der Waals surface area contributed by atoms with Gasteiger partial charge < -0.3 is 19.3 Å². The van der Waals surface area contributed by atoms with E-state index in [1.165, 1.54) is 36.6 Å². The van der Waals surface area contributed by atoms with E-state index in [2.05, 4.69) is 29.3 Å². The number of nitrogens with zero attached hydrogens (tertiary/aromatic N) is 5. The van der Waals surface area contributed by atoms with Gasteiger partial charge in [0.25, 0.3) is 5.91 Å². The van der Waals surface area contributed by atoms with Crippen LogP contribution in [0.25, 0.3) is 17.1 Å². The molecule has 0 N–H and O–H groups in total. The molecule has 5 rings (SSSR count). The van der Waals surface area contributed by atoms with Crippen LogP contribution in [-0.4, -0.2) is 82.0 Å². The first-order chi connectivity index (χ1) is 21.9. The Morgan fingerprint density at radius 3 is 2.36 bits per heavy atom. The van der Waals surface area contributed by atoms with Crippen molar-refractivity contribution in [3.05, 3.63) is 83.9 Å². The molecule has 1 aliphatic heterocycles. The van der Waals surface area contributed by atoms with E-state index in [0.717, 1.165) is 23.4 Å². The number of hydrogen-bond donors (Lipinski definition) is 0. The van der Waals surface area contributed by atoms with Crippen LogP contribution in [0.5, 0.6) is 11.5 Å². The first-order valence-electron chi connectivity index (χ1n) is 15.5. The van der Waals surface area contributed by atoms with Gasteiger partial charge in [-0.15, -0.1) is 10.2 Å². The van der Waals surface area contributed by atoms with Gasteiger partial charge in [-0.3, -0.25) is 14.2 Å². The number of carbonyl (C=O) groups excluding carboxylic acids is 2. The Hall–Kier alpha value is -4.31. The van der Waals surface area contributed by atoms with Crippen molar-refractivity contribution < 1.29 is 19.1 Å². The molecule has 0 bridgehead atoms. The van der Waals surface area contributed by atoms with Crippen molar-refractivity contribution in [3.8, 4) is 28.6 Å². The lowest BCUT2D eigenvalue weighted by Crippen LogP contribution is -2.55. The second kappa shape index (κ2) is 15.1. The molecule has 4 aromatic rings. The minimum absolute atomic E-state index is 0.00240. The number of thioether (sulfide) groups is 1. The standard InChI is InChI=1S/C35H41N5O4S/c1-5-6-7-9-26-12-14-27(15-13-26)34(42)39-21-20-38(23-25(39)2)32(41)24-45-35-37-36-33(28-10-8-11-31(22-28)44-4)40(35)29-16-18-30(43-3)19-17-29/h8,10-19,22,25H,5-7,9,20-21,23-24H2,1-4H3. The molecule has 0 saturated carbocycles. The van der Waals surface area contributed by atoms with Crippen LogP contribution in [0.1, 0.15) is 49.0 Å². The van der Waals surface area contributed by atoms with Gasteiger partial charge in [0.15, 0.2) is 11.0 Å². The summed E-state index contributed by atoms with van der Waals surface area (Å²) in [6, 6.07) is 23.2. The summed E-state index contributed by atoms with van der Waals surface area (Å²) in [5.74, 6) is 2.32. The summed E-state index contributed by atoms with van der Waals surface area (Å²) in [4.78, 5) is 30.5. The van der Waals surface area contributed by atoms with Gasteiger partial charge in [-0.05, 0) is 73.9 Å². The van der Waals surface area contributed by atoms with Crippen molar-refractivity contribution >= 4 is 23.6 Å². The van der Waals surface area contributed by atoms with Crippen LogP contribution in [0.4, 0.5) is 0 Å². The Morgan fingerprint density at radius 2 is 1.67 bits per heavy atom. The molecular formula is C35H41N5O4S. The van der Waals surface area contributed by atoms with Crippen LogP contribution in [0.15, 0.2) is 78.0 Å². The average molecular weight is 628 g/mol. The maximum atomic E-state index is 13.4. The molecule has 9 nitrogen and oxygen atoms in total. The Kier molecular flexibility index (Phi) is 10.8. The summed E-state index contributed by atoms with van der Waals surface area (Å²) in [7, 11) is 3.26. The summed E-state index contributed by atoms with van der Waals surface area (Å²) in [5, 5.41) is 9.58. The molecule has 1 aromatic heterocycles. The third kappa shape index (κ3) is 7.68. The number of hydrogen-bond acceptors (Lipinski definition) is 7. The van der Waals surface area contributed by atoms with E-state index in [4.69, 9.17) is 9.47 Å². The van der Waals surface area contributed by atoms with Gasteiger partial charge >= 0.3 is 0 Å². The number of rotatable bonds is 12. The lowest BCUT2D eigenvalue weighted by Gasteiger charge is -2.40. The first-order valence-corrected chi connectivity index (χ1v) is 16.4. The topological polar surface area (TPSA) is 89.8 Å². The lowest BCUT2D eigenvalue weighted by molar-refractivity contribution is -0.130. The fourth-order valence-corrected chi connectivity index (χ4v) is 6.39. The van der Waals surface area contributed by atoms with Crippen molar-refractivity contribution in [2.45, 2.75) is 50.7 Å². The second-order valence-electron chi connectivity index (χ2n) is 11.2. The molecule has 1 fully saturated rings. The molecular weight excluding hydrogens is 586 g/mol. The SMILES string of the molecule is CCCCCc1ccc(C(=O)N2CCN(C(=O)CSc3nnc(-c4cccc(OC)c4)n3-c3ccc(OC)cc3)CC2C)cc1. The Bertz CT molecular complexity index is 1590. The largest absolute Gasteiger partial charge is 0.497 e. The van der Waals surface area contributed by atoms with Crippen LogP contribution < -0.4 is 9.47 Å². The lowest BCUT2D eigenvalue weighted by atomic mass is 10.0. The van der Waals surface area contributed by atoms with E-state index < -0.39 is 0 Å². The molecule has 3 aromatic carbocycles. The quantitative estimate of drug-likeness (QED) is 0.138. The normalized spacial score (nSPS) is 14.8. The molecule has 2 amide bonds. The van der Waals surface area contributed by atoms with Crippen LogP contribution in [-0.2, 0) is 11.2 Å². The summed E-state index contributed by atoms with van der Waals surface area (Å²) in [6.45, 7) is 5.68. The number of benzene rings is 3. The molecule has 0 radical (unpaired) electrons. The van der Waals surface area contributed by atoms with Crippen LogP contribution >= 0.6 is 11.8 Å². The molecule has 236 valence electrons. The van der Waals surface area contributed by atoms with Crippen molar-refractivity contribution in [3.63, 3.8) is 0 Å². The second-order valence-corrected chi connectivity index (χ2v) is 12.1. The highest BCUT2D eigenvalue weighted by Gasteiger charge is 2.30. The van der Waals surface area contributed by atoms with E-state index in [1.54, 1.807) is 14.2 Å². The zero-order valence-corrected chi connectivity index (χ0v) is 27.3. The number of aromatic nitrogens is 3. The minimum Gasteiger partial charge on any atom is -0.497 e. The Labute approximate surface area is 269 Å². The third-order valence-electron chi connectivity index (χ3n) is 8.13. The fraction of sp³-hybridized carbons (Fsp3) is 0.371. The van der Waals surface area contributed by atoms with Gasteiger partial charge in [-0.25, -0.2) is 0 Å². The average Bonchev–Trinajstić information content (AvgIpc) is 3.51. The van der Waals surface area contributed by atoms with Crippen LogP contribution in [0.3, 0.4) is 0 Å². The van der Waals surface area contributed by atoms with Gasteiger partial charge in [0, 0.05) is 42.5 Å². The van der Waals surface area contributed by atoms with E-state index >= 15 is 0 Å². The predicted molar refractivity (Wildman–Crippen MR) is 177 cm³/mol. The molecule has 2 heterocycles. The van der Waals surface area contributed by atoms with Crippen molar-refractivity contribution in [1.82, 2.24) is 24.6 Å². The molecule has 1 atom stereocenters. The monoisotopic (exact) mass is 627 g/mol. The van der Waals surface area contributed by atoms with Crippen LogP contribution in [0, 0.1) is 0 Å². The van der Waals surface area contributed by atoms with E-state index in [1.807, 2.05) is 82.0 Å². The predicted octanol–water partition coefficient (Wildman–Crippen LogP) is 6.15. The molecule has 1 aliphatic rings. The number of aryl methyl sites for hydroxylation is 1. The molecule has 0 spiro atoms. The minimum atomic E-state index is -0.0907. The summed E-state index contributed by atoms with van der Waals surface area (Å²) < 4.78 is 12.7. The molecule has 1 saturated heterocycles.